The molecule has 1 aliphatic heterocycles. The Morgan fingerprint density at radius 3 is 2.95 bits per heavy atom. The number of rotatable bonds is 2. The molecule has 1 saturated heterocycles. The van der Waals surface area contributed by atoms with Crippen molar-refractivity contribution >= 4 is 22.9 Å². The average Bonchev–Trinajstić information content (AvgIpc) is 2.89. The molecule has 6 nitrogen and oxygen atoms in total. The largest absolute Gasteiger partial charge is 0.455 e. The van der Waals surface area contributed by atoms with Gasteiger partial charge in [0.1, 0.15) is 11.3 Å². The van der Waals surface area contributed by atoms with E-state index in [1.807, 2.05) is 7.05 Å². The molecule has 0 atom stereocenters. The van der Waals surface area contributed by atoms with Crippen molar-refractivity contribution in [2.45, 2.75) is 25.3 Å². The second kappa shape index (κ2) is 3.84. The minimum Gasteiger partial charge on any atom is -0.455 e. The molecule has 1 aliphatic carbocycles. The predicted molar refractivity (Wildman–Crippen MR) is 73.3 cm³/mol. The maximum atomic E-state index is 5.98. The minimum atomic E-state index is 0.339. The summed E-state index contributed by atoms with van der Waals surface area (Å²) in [6.45, 7) is 1.88. The second-order valence-corrected chi connectivity index (χ2v) is 5.33. The molecule has 0 bridgehead atoms. The van der Waals surface area contributed by atoms with Gasteiger partial charge in [-0.25, -0.2) is 4.98 Å². The van der Waals surface area contributed by atoms with Crippen molar-refractivity contribution in [2.75, 3.05) is 30.8 Å². The SMILES string of the molecule is CNC1CN(c2nc(N)nc3c4c(oc23)CCC4)C1. The average molecular weight is 259 g/mol. The van der Waals surface area contributed by atoms with Crippen molar-refractivity contribution < 1.29 is 4.42 Å². The molecule has 3 heterocycles. The molecule has 1 fully saturated rings. The molecule has 2 aromatic rings. The standard InChI is InChI=1S/C13H17N5O/c1-15-7-5-18(6-7)12-11-10(16-13(14)17-12)8-3-2-4-9(8)19-11/h7,15H,2-6H2,1H3,(H2,14,16,17). The first-order valence-electron chi connectivity index (χ1n) is 6.76. The molecule has 2 aliphatic rings. The highest BCUT2D eigenvalue weighted by Gasteiger charge is 2.31. The first-order valence-corrected chi connectivity index (χ1v) is 6.76. The Morgan fingerprint density at radius 1 is 1.32 bits per heavy atom. The smallest absolute Gasteiger partial charge is 0.222 e. The van der Waals surface area contributed by atoms with Crippen molar-refractivity contribution in [3.05, 3.63) is 11.3 Å². The number of aromatic nitrogens is 2. The maximum Gasteiger partial charge on any atom is 0.222 e. The number of aryl methyl sites for hydroxylation is 2. The van der Waals surface area contributed by atoms with Crippen LogP contribution >= 0.6 is 0 Å². The summed E-state index contributed by atoms with van der Waals surface area (Å²) in [4.78, 5) is 10.9. The van der Waals surface area contributed by atoms with E-state index in [2.05, 4.69) is 20.2 Å². The third-order valence-electron chi connectivity index (χ3n) is 4.13. The Balaban J connectivity index is 1.82. The normalized spacial score (nSPS) is 18.9. The van der Waals surface area contributed by atoms with E-state index in [0.717, 1.165) is 55.0 Å². The van der Waals surface area contributed by atoms with Crippen LogP contribution in [-0.2, 0) is 12.8 Å². The fraction of sp³-hybridized carbons (Fsp3) is 0.538. The van der Waals surface area contributed by atoms with Crippen molar-refractivity contribution in [3.63, 3.8) is 0 Å². The predicted octanol–water partition coefficient (Wildman–Crippen LogP) is 0.702. The summed E-state index contributed by atoms with van der Waals surface area (Å²) >= 11 is 0. The van der Waals surface area contributed by atoms with Crippen molar-refractivity contribution in [1.82, 2.24) is 15.3 Å². The molecule has 0 aromatic carbocycles. The van der Waals surface area contributed by atoms with Crippen LogP contribution in [0, 0.1) is 0 Å². The lowest BCUT2D eigenvalue weighted by molar-refractivity contribution is 0.445. The summed E-state index contributed by atoms with van der Waals surface area (Å²) in [5.41, 5.74) is 8.82. The van der Waals surface area contributed by atoms with Gasteiger partial charge in [0, 0.05) is 31.1 Å². The van der Waals surface area contributed by atoms with Gasteiger partial charge in [-0.1, -0.05) is 0 Å². The van der Waals surface area contributed by atoms with Gasteiger partial charge in [0.05, 0.1) is 0 Å². The third-order valence-corrected chi connectivity index (χ3v) is 4.13. The zero-order valence-electron chi connectivity index (χ0n) is 10.9. The lowest BCUT2D eigenvalue weighted by atomic mass is 10.1. The fourth-order valence-corrected chi connectivity index (χ4v) is 3.00. The monoisotopic (exact) mass is 259 g/mol. The zero-order valence-corrected chi connectivity index (χ0v) is 10.9. The van der Waals surface area contributed by atoms with Gasteiger partial charge >= 0.3 is 0 Å². The number of nitrogens with zero attached hydrogens (tertiary/aromatic N) is 3. The molecule has 6 heteroatoms. The third kappa shape index (κ3) is 1.53. The number of fused-ring (bicyclic) bond motifs is 3. The summed E-state index contributed by atoms with van der Waals surface area (Å²) < 4.78 is 5.98. The number of hydrogen-bond donors (Lipinski definition) is 2. The molecule has 0 spiro atoms. The minimum absolute atomic E-state index is 0.339. The van der Waals surface area contributed by atoms with Gasteiger partial charge in [0.15, 0.2) is 11.4 Å². The highest BCUT2D eigenvalue weighted by atomic mass is 16.3. The quantitative estimate of drug-likeness (QED) is 0.826. The number of anilines is 2. The van der Waals surface area contributed by atoms with Gasteiger partial charge in [0.25, 0.3) is 0 Å². The van der Waals surface area contributed by atoms with Gasteiger partial charge in [-0.2, -0.15) is 4.98 Å². The summed E-state index contributed by atoms with van der Waals surface area (Å²) in [5.74, 6) is 2.26. The van der Waals surface area contributed by atoms with E-state index in [1.165, 1.54) is 5.56 Å². The summed E-state index contributed by atoms with van der Waals surface area (Å²) in [5, 5.41) is 3.26. The van der Waals surface area contributed by atoms with Crippen LogP contribution in [0.3, 0.4) is 0 Å². The lowest BCUT2D eigenvalue weighted by Gasteiger charge is -2.39. The van der Waals surface area contributed by atoms with Crippen molar-refractivity contribution in [2.24, 2.45) is 0 Å². The van der Waals surface area contributed by atoms with Gasteiger partial charge in [-0.3, -0.25) is 0 Å². The van der Waals surface area contributed by atoms with E-state index in [9.17, 15) is 0 Å². The van der Waals surface area contributed by atoms with E-state index in [1.54, 1.807) is 0 Å². The zero-order chi connectivity index (χ0) is 13.0. The molecule has 0 radical (unpaired) electrons. The Bertz CT molecular complexity index is 644. The lowest BCUT2D eigenvalue weighted by Crippen LogP contribution is -2.57. The topological polar surface area (TPSA) is 80.2 Å². The van der Waals surface area contributed by atoms with Crippen LogP contribution in [-0.4, -0.2) is 36.1 Å². The Kier molecular flexibility index (Phi) is 2.23. The molecule has 100 valence electrons. The van der Waals surface area contributed by atoms with Crippen LogP contribution < -0.4 is 16.0 Å². The number of nitrogens with two attached hydrogens (primary N) is 1. The number of furan rings is 1. The van der Waals surface area contributed by atoms with E-state index in [-0.39, 0.29) is 0 Å². The first kappa shape index (κ1) is 11.0. The molecule has 2 aromatic heterocycles. The molecule has 0 amide bonds. The number of nitrogens with one attached hydrogen (secondary N) is 1. The highest BCUT2D eigenvalue weighted by molar-refractivity contribution is 5.89. The fourth-order valence-electron chi connectivity index (χ4n) is 3.00. The van der Waals surface area contributed by atoms with Crippen LogP contribution in [0.2, 0.25) is 0 Å². The second-order valence-electron chi connectivity index (χ2n) is 5.33. The summed E-state index contributed by atoms with van der Waals surface area (Å²) in [7, 11) is 1.98. The molecule has 3 N–H and O–H groups in total. The Labute approximate surface area is 111 Å². The van der Waals surface area contributed by atoms with Crippen molar-refractivity contribution in [3.8, 4) is 0 Å². The molecule has 19 heavy (non-hydrogen) atoms. The van der Waals surface area contributed by atoms with Crippen LogP contribution in [0.1, 0.15) is 17.7 Å². The van der Waals surface area contributed by atoms with Crippen LogP contribution in [0.5, 0.6) is 0 Å². The summed E-state index contributed by atoms with van der Waals surface area (Å²) in [6.07, 6.45) is 3.19. The first-order chi connectivity index (χ1) is 9.26. The van der Waals surface area contributed by atoms with Gasteiger partial charge in [0.2, 0.25) is 5.95 Å². The number of likely N-dealkylation sites (N-methyl/N-ethyl adjacent to an activating group) is 1. The highest BCUT2D eigenvalue weighted by Crippen LogP contribution is 2.37. The van der Waals surface area contributed by atoms with Crippen LogP contribution in [0.25, 0.3) is 11.1 Å². The molecule has 0 unspecified atom stereocenters. The van der Waals surface area contributed by atoms with Gasteiger partial charge in [-0.15, -0.1) is 0 Å². The van der Waals surface area contributed by atoms with Crippen LogP contribution in [0.4, 0.5) is 11.8 Å². The number of hydrogen-bond acceptors (Lipinski definition) is 6. The Hall–Kier alpha value is -1.82. The van der Waals surface area contributed by atoms with Gasteiger partial charge in [-0.05, 0) is 19.9 Å². The summed E-state index contributed by atoms with van der Waals surface area (Å²) in [6, 6.07) is 0.521. The Morgan fingerprint density at radius 2 is 2.16 bits per heavy atom. The van der Waals surface area contributed by atoms with Crippen LogP contribution in [0.15, 0.2) is 4.42 Å². The number of nitrogen functional groups attached to an aromatic ring is 1. The van der Waals surface area contributed by atoms with E-state index in [4.69, 9.17) is 10.2 Å². The molecular formula is C13H17N5O. The molecule has 0 saturated carbocycles. The van der Waals surface area contributed by atoms with E-state index < -0.39 is 0 Å². The van der Waals surface area contributed by atoms with E-state index in [0.29, 0.717) is 12.0 Å². The molecular weight excluding hydrogens is 242 g/mol. The van der Waals surface area contributed by atoms with Gasteiger partial charge < -0.3 is 20.4 Å². The molecule has 4 rings (SSSR count). The van der Waals surface area contributed by atoms with Crippen molar-refractivity contribution in [1.29, 1.82) is 0 Å². The maximum absolute atomic E-state index is 5.98. The van der Waals surface area contributed by atoms with E-state index >= 15 is 0 Å².